The zero-order valence-corrected chi connectivity index (χ0v) is 14.6. The van der Waals surface area contributed by atoms with Crippen molar-refractivity contribution in [2.24, 2.45) is 0 Å². The average molecular weight is 358 g/mol. The number of nitrogens with zero attached hydrogens (tertiary/aromatic N) is 2. The molecule has 4 aromatic rings. The Morgan fingerprint density at radius 1 is 1.00 bits per heavy atom. The van der Waals surface area contributed by atoms with Gasteiger partial charge in [-0.3, -0.25) is 0 Å². The van der Waals surface area contributed by atoms with Crippen LogP contribution in [0.3, 0.4) is 0 Å². The van der Waals surface area contributed by atoms with Gasteiger partial charge in [0.25, 0.3) is 0 Å². The molecule has 3 aromatic carbocycles. The summed E-state index contributed by atoms with van der Waals surface area (Å²) in [5.41, 5.74) is 3.23. The number of aromatic carboxylic acids is 1. The molecule has 0 saturated carbocycles. The second-order valence-corrected chi connectivity index (χ2v) is 6.23. The number of carbonyl (C=O) groups is 1. The number of carboxylic acid groups (broad SMARTS) is 1. The number of imidazole rings is 1. The van der Waals surface area contributed by atoms with Gasteiger partial charge in [-0.25, -0.2) is 9.78 Å². The number of para-hydroxylation sites is 1. The van der Waals surface area contributed by atoms with Crippen molar-refractivity contribution in [1.82, 2.24) is 9.55 Å². The van der Waals surface area contributed by atoms with Crippen LogP contribution in [0.5, 0.6) is 11.5 Å². The maximum atomic E-state index is 11.4. The molecule has 0 radical (unpaired) electrons. The number of carboxylic acids is 1. The van der Waals surface area contributed by atoms with E-state index in [0.29, 0.717) is 11.5 Å². The highest BCUT2D eigenvalue weighted by Crippen LogP contribution is 2.28. The predicted octanol–water partition coefficient (Wildman–Crippen LogP) is 4.77. The van der Waals surface area contributed by atoms with E-state index in [2.05, 4.69) is 21.7 Å². The van der Waals surface area contributed by atoms with Crippen molar-refractivity contribution in [3.63, 3.8) is 0 Å². The normalized spacial score (nSPS) is 10.8. The largest absolute Gasteiger partial charge is 0.478 e. The van der Waals surface area contributed by atoms with Gasteiger partial charge in [-0.15, -0.1) is 0 Å². The molecule has 0 amide bonds. The Morgan fingerprint density at radius 2 is 1.78 bits per heavy atom. The molecule has 0 atom stereocenters. The smallest absolute Gasteiger partial charge is 0.339 e. The predicted molar refractivity (Wildman–Crippen MR) is 103 cm³/mol. The molecule has 1 aromatic heterocycles. The highest BCUT2D eigenvalue weighted by molar-refractivity contribution is 5.91. The molecule has 0 aliphatic heterocycles. The quantitative estimate of drug-likeness (QED) is 0.539. The molecule has 0 aliphatic rings. The van der Waals surface area contributed by atoms with Crippen molar-refractivity contribution in [3.05, 3.63) is 90.3 Å². The van der Waals surface area contributed by atoms with E-state index >= 15 is 0 Å². The average Bonchev–Trinajstić information content (AvgIpc) is 3.10. The minimum Gasteiger partial charge on any atom is -0.478 e. The van der Waals surface area contributed by atoms with Crippen LogP contribution in [0.25, 0.3) is 11.0 Å². The van der Waals surface area contributed by atoms with Gasteiger partial charge in [0.15, 0.2) is 0 Å². The monoisotopic (exact) mass is 358 g/mol. The molecule has 27 heavy (non-hydrogen) atoms. The first kappa shape index (κ1) is 16.8. The van der Waals surface area contributed by atoms with Gasteiger partial charge < -0.3 is 14.4 Å². The number of fused-ring (bicyclic) bond motifs is 1. The molecule has 0 spiro atoms. The SMILES string of the molecule is O=C(O)c1ccccc1Oc1ccc2ncn(CCc3ccccc3)c2c1. The molecule has 0 unspecified atom stereocenters. The zero-order chi connectivity index (χ0) is 18.6. The molecule has 0 bridgehead atoms. The summed E-state index contributed by atoms with van der Waals surface area (Å²) in [7, 11) is 0. The highest BCUT2D eigenvalue weighted by Gasteiger charge is 2.12. The van der Waals surface area contributed by atoms with Crippen LogP contribution in [0.15, 0.2) is 79.1 Å². The maximum absolute atomic E-state index is 11.4. The zero-order valence-electron chi connectivity index (χ0n) is 14.6. The van der Waals surface area contributed by atoms with E-state index in [-0.39, 0.29) is 5.56 Å². The third-order valence-corrected chi connectivity index (χ3v) is 4.42. The number of rotatable bonds is 6. The molecule has 134 valence electrons. The van der Waals surface area contributed by atoms with Gasteiger partial charge in [0.2, 0.25) is 0 Å². The van der Waals surface area contributed by atoms with Crippen LogP contribution >= 0.6 is 0 Å². The van der Waals surface area contributed by atoms with Crippen LogP contribution < -0.4 is 4.74 Å². The number of benzene rings is 3. The van der Waals surface area contributed by atoms with Gasteiger partial charge in [-0.2, -0.15) is 0 Å². The van der Waals surface area contributed by atoms with Gasteiger partial charge in [0.05, 0.1) is 17.4 Å². The topological polar surface area (TPSA) is 64.3 Å². The fourth-order valence-corrected chi connectivity index (χ4v) is 3.03. The lowest BCUT2D eigenvalue weighted by Gasteiger charge is -2.10. The van der Waals surface area contributed by atoms with E-state index in [9.17, 15) is 9.90 Å². The summed E-state index contributed by atoms with van der Waals surface area (Å²) in [5, 5.41) is 9.31. The van der Waals surface area contributed by atoms with Gasteiger partial charge in [-0.1, -0.05) is 42.5 Å². The van der Waals surface area contributed by atoms with Crippen molar-refractivity contribution in [2.75, 3.05) is 0 Å². The van der Waals surface area contributed by atoms with Crippen LogP contribution in [0.2, 0.25) is 0 Å². The number of hydrogen-bond donors (Lipinski definition) is 1. The Bertz CT molecular complexity index is 1090. The fourth-order valence-electron chi connectivity index (χ4n) is 3.03. The molecule has 5 heteroatoms. The summed E-state index contributed by atoms with van der Waals surface area (Å²) in [5.74, 6) is -0.114. The summed E-state index contributed by atoms with van der Waals surface area (Å²) < 4.78 is 7.93. The molecule has 0 fully saturated rings. The minimum absolute atomic E-state index is 0.134. The Labute approximate surface area is 156 Å². The van der Waals surface area contributed by atoms with Crippen molar-refractivity contribution >= 4 is 17.0 Å². The van der Waals surface area contributed by atoms with Gasteiger partial charge in [0, 0.05) is 12.6 Å². The van der Waals surface area contributed by atoms with Crippen LogP contribution in [-0.4, -0.2) is 20.6 Å². The Morgan fingerprint density at radius 3 is 2.59 bits per heavy atom. The lowest BCUT2D eigenvalue weighted by molar-refractivity contribution is 0.0694. The van der Waals surface area contributed by atoms with Crippen molar-refractivity contribution in [2.45, 2.75) is 13.0 Å². The van der Waals surface area contributed by atoms with Crippen LogP contribution in [-0.2, 0) is 13.0 Å². The first-order valence-electron chi connectivity index (χ1n) is 8.70. The molecular weight excluding hydrogens is 340 g/mol. The molecular formula is C22H18N2O3. The van der Waals surface area contributed by atoms with E-state index in [1.807, 2.05) is 36.7 Å². The summed E-state index contributed by atoms with van der Waals surface area (Å²) in [6, 6.07) is 22.5. The summed E-state index contributed by atoms with van der Waals surface area (Å²) in [4.78, 5) is 15.8. The van der Waals surface area contributed by atoms with Crippen LogP contribution in [0, 0.1) is 0 Å². The second-order valence-electron chi connectivity index (χ2n) is 6.23. The van der Waals surface area contributed by atoms with E-state index in [4.69, 9.17) is 4.74 Å². The van der Waals surface area contributed by atoms with E-state index in [0.717, 1.165) is 24.0 Å². The first-order valence-corrected chi connectivity index (χ1v) is 8.70. The van der Waals surface area contributed by atoms with Crippen molar-refractivity contribution in [1.29, 1.82) is 0 Å². The third kappa shape index (κ3) is 3.67. The lowest BCUT2D eigenvalue weighted by Crippen LogP contribution is -2.01. The maximum Gasteiger partial charge on any atom is 0.339 e. The Hall–Kier alpha value is -3.60. The standard InChI is InChI=1S/C22H18N2O3/c25-22(26)18-8-4-5-9-21(18)27-17-10-11-19-20(14-17)24(15-23-19)13-12-16-6-2-1-3-7-16/h1-11,14-15H,12-13H2,(H,25,26). The van der Waals surface area contributed by atoms with Crippen LogP contribution in [0.1, 0.15) is 15.9 Å². The first-order chi connectivity index (χ1) is 13.2. The fraction of sp³-hybridized carbons (Fsp3) is 0.0909. The second kappa shape index (κ2) is 7.33. The summed E-state index contributed by atoms with van der Waals surface area (Å²) in [6.45, 7) is 0.801. The number of aromatic nitrogens is 2. The Balaban J connectivity index is 1.59. The van der Waals surface area contributed by atoms with Gasteiger partial charge in [-0.05, 0) is 36.2 Å². The summed E-state index contributed by atoms with van der Waals surface area (Å²) >= 11 is 0. The highest BCUT2D eigenvalue weighted by atomic mass is 16.5. The molecule has 0 saturated heterocycles. The number of ether oxygens (including phenoxy) is 1. The van der Waals surface area contributed by atoms with E-state index in [1.165, 1.54) is 11.6 Å². The number of hydrogen-bond acceptors (Lipinski definition) is 3. The van der Waals surface area contributed by atoms with E-state index in [1.54, 1.807) is 24.3 Å². The molecule has 4 rings (SSSR count). The van der Waals surface area contributed by atoms with Crippen LogP contribution in [0.4, 0.5) is 0 Å². The van der Waals surface area contributed by atoms with Crippen molar-refractivity contribution < 1.29 is 14.6 Å². The summed E-state index contributed by atoms with van der Waals surface area (Å²) in [6.07, 6.45) is 2.72. The molecule has 1 N–H and O–H groups in total. The van der Waals surface area contributed by atoms with Crippen molar-refractivity contribution in [3.8, 4) is 11.5 Å². The Kier molecular flexibility index (Phi) is 4.58. The molecule has 5 nitrogen and oxygen atoms in total. The molecule has 0 aliphatic carbocycles. The number of aryl methyl sites for hydroxylation is 2. The van der Waals surface area contributed by atoms with Gasteiger partial charge in [0.1, 0.15) is 17.1 Å². The molecule has 1 heterocycles. The lowest BCUT2D eigenvalue weighted by atomic mass is 10.1. The van der Waals surface area contributed by atoms with E-state index < -0.39 is 5.97 Å². The minimum atomic E-state index is -1.01. The van der Waals surface area contributed by atoms with Gasteiger partial charge >= 0.3 is 5.97 Å². The third-order valence-electron chi connectivity index (χ3n) is 4.42.